The quantitative estimate of drug-likeness (QED) is 0.661. The summed E-state index contributed by atoms with van der Waals surface area (Å²) in [6.07, 6.45) is 5.57. The topological polar surface area (TPSA) is 46.4 Å². The van der Waals surface area contributed by atoms with Crippen molar-refractivity contribution in [1.29, 1.82) is 0 Å². The molecule has 2 aromatic heterocycles. The molecule has 3 rings (SSSR count). The number of benzene rings is 1. The third kappa shape index (κ3) is 3.48. The molecule has 1 N–H and O–H groups in total. The van der Waals surface area contributed by atoms with Crippen LogP contribution in [0.2, 0.25) is 0 Å². The first-order chi connectivity index (χ1) is 11.7. The molecule has 0 spiro atoms. The van der Waals surface area contributed by atoms with E-state index in [-0.39, 0.29) is 5.91 Å². The lowest BCUT2D eigenvalue weighted by molar-refractivity contribution is -0.116. The molecule has 0 aliphatic heterocycles. The predicted molar refractivity (Wildman–Crippen MR) is 98.1 cm³/mol. The van der Waals surface area contributed by atoms with Crippen LogP contribution in [0.15, 0.2) is 48.7 Å². The van der Waals surface area contributed by atoms with Crippen LogP contribution in [0, 0.1) is 6.92 Å². The number of amides is 1. The van der Waals surface area contributed by atoms with Crippen molar-refractivity contribution in [3.8, 4) is 11.3 Å². The van der Waals surface area contributed by atoms with Gasteiger partial charge < -0.3 is 5.32 Å². The monoisotopic (exact) mass is 321 g/mol. The Morgan fingerprint density at radius 1 is 1.12 bits per heavy atom. The normalized spacial score (nSPS) is 10.9. The molecule has 4 heteroatoms. The van der Waals surface area contributed by atoms with E-state index in [0.717, 1.165) is 42.0 Å². The molecule has 0 fully saturated rings. The molecule has 0 saturated heterocycles. The maximum Gasteiger partial charge on any atom is 0.225 e. The smallest absolute Gasteiger partial charge is 0.225 e. The lowest BCUT2D eigenvalue weighted by Crippen LogP contribution is -2.13. The van der Waals surface area contributed by atoms with Gasteiger partial charge in [0.1, 0.15) is 17.2 Å². The zero-order valence-electron chi connectivity index (χ0n) is 14.2. The molecular weight excluding hydrogens is 298 g/mol. The van der Waals surface area contributed by atoms with E-state index in [2.05, 4.69) is 31.3 Å². The van der Waals surface area contributed by atoms with Crippen molar-refractivity contribution in [2.45, 2.75) is 39.5 Å². The van der Waals surface area contributed by atoms with E-state index in [9.17, 15) is 4.79 Å². The van der Waals surface area contributed by atoms with Gasteiger partial charge in [0.25, 0.3) is 0 Å². The number of hydrogen-bond donors (Lipinski definition) is 1. The molecule has 0 saturated carbocycles. The summed E-state index contributed by atoms with van der Waals surface area (Å²) in [5.41, 5.74) is 3.85. The van der Waals surface area contributed by atoms with Crippen LogP contribution in [-0.4, -0.2) is 15.3 Å². The van der Waals surface area contributed by atoms with Crippen LogP contribution in [0.4, 0.5) is 5.82 Å². The molecular formula is C20H23N3O. The lowest BCUT2D eigenvalue weighted by atomic mass is 10.1. The third-order valence-corrected chi connectivity index (χ3v) is 4.12. The third-order valence-electron chi connectivity index (χ3n) is 4.12. The van der Waals surface area contributed by atoms with Crippen molar-refractivity contribution in [3.05, 3.63) is 54.2 Å². The number of hydrogen-bond acceptors (Lipinski definition) is 2. The molecule has 3 aromatic rings. The van der Waals surface area contributed by atoms with E-state index in [1.54, 1.807) is 0 Å². The van der Waals surface area contributed by atoms with Crippen molar-refractivity contribution in [2.24, 2.45) is 0 Å². The standard InChI is InChI=1S/C20H23N3O/c1-3-4-5-9-18(24)22-20-19(16-12-10-15(2)11-13-16)21-17-8-6-7-14-23(17)20/h6-8,10-14H,3-5,9H2,1-2H3,(H,22,24). The summed E-state index contributed by atoms with van der Waals surface area (Å²) in [6, 6.07) is 14.1. The molecule has 0 aliphatic carbocycles. The average Bonchev–Trinajstić information content (AvgIpc) is 2.94. The van der Waals surface area contributed by atoms with E-state index in [0.29, 0.717) is 6.42 Å². The molecule has 2 heterocycles. The van der Waals surface area contributed by atoms with Crippen molar-refractivity contribution in [2.75, 3.05) is 5.32 Å². The Labute approximate surface area is 142 Å². The fourth-order valence-electron chi connectivity index (χ4n) is 2.76. The van der Waals surface area contributed by atoms with E-state index in [1.807, 2.05) is 40.9 Å². The second-order valence-electron chi connectivity index (χ2n) is 6.11. The minimum absolute atomic E-state index is 0.0439. The zero-order chi connectivity index (χ0) is 16.9. The summed E-state index contributed by atoms with van der Waals surface area (Å²) in [4.78, 5) is 17.0. The highest BCUT2D eigenvalue weighted by Gasteiger charge is 2.16. The Hall–Kier alpha value is -2.62. The highest BCUT2D eigenvalue weighted by atomic mass is 16.1. The second-order valence-corrected chi connectivity index (χ2v) is 6.11. The number of fused-ring (bicyclic) bond motifs is 1. The largest absolute Gasteiger partial charge is 0.310 e. The number of imidazole rings is 1. The van der Waals surface area contributed by atoms with Gasteiger partial charge in [-0.1, -0.05) is 55.7 Å². The minimum Gasteiger partial charge on any atom is -0.310 e. The van der Waals surface area contributed by atoms with Crippen molar-refractivity contribution >= 4 is 17.4 Å². The van der Waals surface area contributed by atoms with Crippen LogP contribution >= 0.6 is 0 Å². The molecule has 1 amide bonds. The second kappa shape index (κ2) is 7.30. The number of anilines is 1. The van der Waals surface area contributed by atoms with Gasteiger partial charge in [-0.3, -0.25) is 9.20 Å². The summed E-state index contributed by atoms with van der Waals surface area (Å²) in [5.74, 6) is 0.790. The highest BCUT2D eigenvalue weighted by molar-refractivity contribution is 5.94. The van der Waals surface area contributed by atoms with Crippen LogP contribution in [-0.2, 0) is 4.79 Å². The van der Waals surface area contributed by atoms with Gasteiger partial charge in [-0.15, -0.1) is 0 Å². The first-order valence-corrected chi connectivity index (χ1v) is 8.53. The highest BCUT2D eigenvalue weighted by Crippen LogP contribution is 2.29. The number of carbonyl (C=O) groups excluding carboxylic acids is 1. The number of aromatic nitrogens is 2. The van der Waals surface area contributed by atoms with Crippen LogP contribution in [0.1, 0.15) is 38.2 Å². The Bertz CT molecular complexity index is 834. The minimum atomic E-state index is 0.0439. The van der Waals surface area contributed by atoms with E-state index in [4.69, 9.17) is 4.98 Å². The fraction of sp³-hybridized carbons (Fsp3) is 0.300. The Morgan fingerprint density at radius 3 is 2.67 bits per heavy atom. The van der Waals surface area contributed by atoms with Gasteiger partial charge in [0.05, 0.1) is 0 Å². The summed E-state index contributed by atoms with van der Waals surface area (Å²) in [6.45, 7) is 4.20. The first kappa shape index (κ1) is 16.2. The van der Waals surface area contributed by atoms with Crippen LogP contribution < -0.4 is 5.32 Å². The van der Waals surface area contributed by atoms with Gasteiger partial charge in [-0.2, -0.15) is 0 Å². The molecule has 1 aromatic carbocycles. The van der Waals surface area contributed by atoms with Crippen LogP contribution in [0.5, 0.6) is 0 Å². The van der Waals surface area contributed by atoms with Crippen LogP contribution in [0.25, 0.3) is 16.9 Å². The Morgan fingerprint density at radius 2 is 1.92 bits per heavy atom. The predicted octanol–water partition coefficient (Wildman–Crippen LogP) is 4.83. The molecule has 24 heavy (non-hydrogen) atoms. The first-order valence-electron chi connectivity index (χ1n) is 8.53. The Kier molecular flexibility index (Phi) is 4.94. The van der Waals surface area contributed by atoms with Crippen molar-refractivity contribution < 1.29 is 4.79 Å². The number of nitrogens with zero attached hydrogens (tertiary/aromatic N) is 2. The van der Waals surface area contributed by atoms with Gasteiger partial charge in [0.2, 0.25) is 5.91 Å². The maximum absolute atomic E-state index is 12.3. The van der Waals surface area contributed by atoms with Crippen molar-refractivity contribution in [3.63, 3.8) is 0 Å². The summed E-state index contributed by atoms with van der Waals surface area (Å²) in [5, 5.41) is 3.07. The van der Waals surface area contributed by atoms with Gasteiger partial charge in [0.15, 0.2) is 0 Å². The van der Waals surface area contributed by atoms with Gasteiger partial charge in [-0.05, 0) is 25.5 Å². The summed E-state index contributed by atoms with van der Waals surface area (Å²) in [7, 11) is 0. The number of carbonyl (C=O) groups is 1. The number of pyridine rings is 1. The number of rotatable bonds is 6. The molecule has 124 valence electrons. The fourth-order valence-corrected chi connectivity index (χ4v) is 2.76. The lowest BCUT2D eigenvalue weighted by Gasteiger charge is -2.08. The number of aryl methyl sites for hydroxylation is 1. The van der Waals surface area contributed by atoms with E-state index >= 15 is 0 Å². The molecule has 0 radical (unpaired) electrons. The summed E-state index contributed by atoms with van der Waals surface area (Å²) >= 11 is 0. The van der Waals surface area contributed by atoms with Crippen molar-refractivity contribution in [1.82, 2.24) is 9.38 Å². The van der Waals surface area contributed by atoms with E-state index in [1.165, 1.54) is 5.56 Å². The molecule has 0 unspecified atom stereocenters. The van der Waals surface area contributed by atoms with E-state index < -0.39 is 0 Å². The molecule has 0 aliphatic rings. The number of unbranched alkanes of at least 4 members (excludes halogenated alkanes) is 2. The van der Waals surface area contributed by atoms with Gasteiger partial charge >= 0.3 is 0 Å². The Balaban J connectivity index is 1.96. The molecule has 0 bridgehead atoms. The van der Waals surface area contributed by atoms with Gasteiger partial charge in [-0.25, -0.2) is 4.98 Å². The SMILES string of the molecule is CCCCCC(=O)Nc1c(-c2ccc(C)cc2)nc2ccccn12. The maximum atomic E-state index is 12.3. The molecule has 4 nitrogen and oxygen atoms in total. The van der Waals surface area contributed by atoms with Crippen LogP contribution in [0.3, 0.4) is 0 Å². The number of nitrogens with one attached hydrogen (secondary N) is 1. The summed E-state index contributed by atoms with van der Waals surface area (Å²) < 4.78 is 1.94. The average molecular weight is 321 g/mol. The van der Waals surface area contributed by atoms with Gasteiger partial charge in [0, 0.05) is 18.2 Å². The zero-order valence-corrected chi connectivity index (χ0v) is 14.2. The molecule has 0 atom stereocenters.